The smallest absolute Gasteiger partial charge is 0.272 e. The number of carbonyl (C=O) groups is 1. The highest BCUT2D eigenvalue weighted by Crippen LogP contribution is 2.22. The highest BCUT2D eigenvalue weighted by Gasteiger charge is 2.21. The van der Waals surface area contributed by atoms with Crippen molar-refractivity contribution in [2.45, 2.75) is 19.4 Å². The van der Waals surface area contributed by atoms with E-state index >= 15 is 0 Å². The van der Waals surface area contributed by atoms with E-state index in [0.717, 1.165) is 34.4 Å². The molecule has 7 heteroatoms. The Morgan fingerprint density at radius 1 is 1.50 bits per heavy atom. The van der Waals surface area contributed by atoms with Gasteiger partial charge in [0.1, 0.15) is 0 Å². The first-order chi connectivity index (χ1) is 9.74. The summed E-state index contributed by atoms with van der Waals surface area (Å²) in [7, 11) is 0. The molecule has 1 aliphatic rings. The fourth-order valence-electron chi connectivity index (χ4n) is 2.28. The van der Waals surface area contributed by atoms with Gasteiger partial charge in [-0.3, -0.25) is 9.89 Å². The van der Waals surface area contributed by atoms with Gasteiger partial charge in [0.05, 0.1) is 3.79 Å². The second-order valence-electron chi connectivity index (χ2n) is 4.67. The largest absolute Gasteiger partial charge is 0.350 e. The first-order valence-electron chi connectivity index (χ1n) is 6.53. The molecule has 5 nitrogen and oxygen atoms in total. The molecule has 0 saturated carbocycles. The third-order valence-corrected chi connectivity index (χ3v) is 4.99. The summed E-state index contributed by atoms with van der Waals surface area (Å²) in [5, 5.41) is 13.3. The van der Waals surface area contributed by atoms with Gasteiger partial charge in [0.2, 0.25) is 0 Å². The molecule has 0 fully saturated rings. The summed E-state index contributed by atoms with van der Waals surface area (Å²) in [6, 6.07) is 4.10. The molecule has 0 unspecified atom stereocenters. The van der Waals surface area contributed by atoms with E-state index in [4.69, 9.17) is 0 Å². The Kier molecular flexibility index (Phi) is 4.18. The highest BCUT2D eigenvalue weighted by atomic mass is 79.9. The van der Waals surface area contributed by atoms with Crippen molar-refractivity contribution in [3.63, 3.8) is 0 Å². The van der Waals surface area contributed by atoms with Crippen LogP contribution in [0.1, 0.15) is 26.6 Å². The number of carbonyl (C=O) groups excluding carboxylic acids is 1. The first kappa shape index (κ1) is 13.8. The van der Waals surface area contributed by atoms with Gasteiger partial charge in [-0.15, -0.1) is 11.3 Å². The molecule has 0 saturated heterocycles. The quantitative estimate of drug-likeness (QED) is 0.784. The summed E-state index contributed by atoms with van der Waals surface area (Å²) in [6.07, 6.45) is 1.74. The van der Waals surface area contributed by atoms with E-state index in [1.165, 1.54) is 4.88 Å². The summed E-state index contributed by atoms with van der Waals surface area (Å²) in [6.45, 7) is 2.27. The maximum Gasteiger partial charge on any atom is 0.272 e. The van der Waals surface area contributed by atoms with Crippen LogP contribution in [0.4, 0.5) is 0 Å². The Bertz CT molecular complexity index is 622. The monoisotopic (exact) mass is 354 g/mol. The van der Waals surface area contributed by atoms with Gasteiger partial charge in [-0.2, -0.15) is 5.10 Å². The maximum absolute atomic E-state index is 12.1. The van der Waals surface area contributed by atoms with Crippen LogP contribution in [0.2, 0.25) is 0 Å². The van der Waals surface area contributed by atoms with E-state index in [1.54, 1.807) is 11.3 Å². The van der Waals surface area contributed by atoms with Gasteiger partial charge < -0.3 is 10.6 Å². The number of fused-ring (bicyclic) bond motifs is 1. The van der Waals surface area contributed by atoms with E-state index in [9.17, 15) is 4.79 Å². The van der Waals surface area contributed by atoms with Crippen molar-refractivity contribution in [1.29, 1.82) is 0 Å². The standard InChI is InChI=1S/C13H15BrN4OS/c14-11-2-1-8(20-11)3-6-16-13(19)12-9-7-15-5-4-10(9)17-18-12/h1-2,15H,3-7H2,(H,16,19)(H,17,18). The number of rotatable bonds is 4. The van der Waals surface area contributed by atoms with Crippen molar-refractivity contribution in [1.82, 2.24) is 20.8 Å². The van der Waals surface area contributed by atoms with Gasteiger partial charge >= 0.3 is 0 Å². The summed E-state index contributed by atoms with van der Waals surface area (Å²) < 4.78 is 1.12. The molecular formula is C13H15BrN4OS. The highest BCUT2D eigenvalue weighted by molar-refractivity contribution is 9.11. The third-order valence-electron chi connectivity index (χ3n) is 3.31. The number of H-pyrrole nitrogens is 1. The van der Waals surface area contributed by atoms with Gasteiger partial charge in [0, 0.05) is 42.2 Å². The number of amides is 1. The zero-order valence-corrected chi connectivity index (χ0v) is 13.2. The molecular weight excluding hydrogens is 340 g/mol. The number of halogens is 1. The lowest BCUT2D eigenvalue weighted by atomic mass is 10.1. The number of aromatic amines is 1. The zero-order chi connectivity index (χ0) is 13.9. The summed E-state index contributed by atoms with van der Waals surface area (Å²) in [5.74, 6) is -0.0955. The van der Waals surface area contributed by atoms with Crippen molar-refractivity contribution in [2.75, 3.05) is 13.1 Å². The summed E-state index contributed by atoms with van der Waals surface area (Å²) in [4.78, 5) is 13.4. The number of aromatic nitrogens is 2. The van der Waals surface area contributed by atoms with Gasteiger partial charge in [0.15, 0.2) is 5.69 Å². The molecule has 106 valence electrons. The fraction of sp³-hybridized carbons (Fsp3) is 0.385. The molecule has 3 heterocycles. The van der Waals surface area contributed by atoms with Gasteiger partial charge in [-0.25, -0.2) is 0 Å². The van der Waals surface area contributed by atoms with Crippen molar-refractivity contribution in [3.8, 4) is 0 Å². The zero-order valence-electron chi connectivity index (χ0n) is 10.8. The molecule has 2 aromatic rings. The minimum atomic E-state index is -0.0955. The predicted molar refractivity (Wildman–Crippen MR) is 82.1 cm³/mol. The van der Waals surface area contributed by atoms with Crippen molar-refractivity contribution >= 4 is 33.2 Å². The van der Waals surface area contributed by atoms with Crippen molar-refractivity contribution < 1.29 is 4.79 Å². The molecule has 0 atom stereocenters. The van der Waals surface area contributed by atoms with Crippen LogP contribution in [0.5, 0.6) is 0 Å². The summed E-state index contributed by atoms with van der Waals surface area (Å²) in [5.41, 5.74) is 2.61. The van der Waals surface area contributed by atoms with Crippen LogP contribution >= 0.6 is 27.3 Å². The lowest BCUT2D eigenvalue weighted by Crippen LogP contribution is -2.29. The average Bonchev–Trinajstić information content (AvgIpc) is 3.05. The van der Waals surface area contributed by atoms with Crippen LogP contribution < -0.4 is 10.6 Å². The predicted octanol–water partition coefficient (Wildman–Crippen LogP) is 1.85. The van der Waals surface area contributed by atoms with Crippen molar-refractivity contribution in [3.05, 3.63) is 37.7 Å². The van der Waals surface area contributed by atoms with E-state index in [-0.39, 0.29) is 5.91 Å². The van der Waals surface area contributed by atoms with Gasteiger partial charge in [0.25, 0.3) is 5.91 Å². The van der Waals surface area contributed by atoms with E-state index in [2.05, 4.69) is 42.8 Å². The molecule has 1 aliphatic heterocycles. The molecule has 2 aromatic heterocycles. The SMILES string of the molecule is O=C(NCCc1ccc(Br)s1)c1n[nH]c2c1CNCC2. The van der Waals surface area contributed by atoms with E-state index in [0.29, 0.717) is 18.8 Å². The number of hydrogen-bond donors (Lipinski definition) is 3. The van der Waals surface area contributed by atoms with Crippen LogP contribution in [-0.4, -0.2) is 29.2 Å². The Hall–Kier alpha value is -1.18. The van der Waals surface area contributed by atoms with E-state index < -0.39 is 0 Å². The lowest BCUT2D eigenvalue weighted by Gasteiger charge is -2.12. The van der Waals surface area contributed by atoms with Gasteiger partial charge in [-0.1, -0.05) is 0 Å². The number of nitrogens with one attached hydrogen (secondary N) is 3. The molecule has 0 spiro atoms. The molecule has 0 bridgehead atoms. The molecule has 3 rings (SSSR count). The van der Waals surface area contributed by atoms with Crippen LogP contribution in [0.3, 0.4) is 0 Å². The fourth-order valence-corrected chi connectivity index (χ4v) is 3.76. The molecule has 20 heavy (non-hydrogen) atoms. The third kappa shape index (κ3) is 2.94. The summed E-state index contributed by atoms with van der Waals surface area (Å²) >= 11 is 5.13. The van der Waals surface area contributed by atoms with Crippen molar-refractivity contribution in [2.24, 2.45) is 0 Å². The van der Waals surface area contributed by atoms with E-state index in [1.807, 2.05) is 6.07 Å². The lowest BCUT2D eigenvalue weighted by molar-refractivity contribution is 0.0948. The molecule has 0 aliphatic carbocycles. The second-order valence-corrected chi connectivity index (χ2v) is 7.22. The molecule has 1 amide bonds. The number of thiophene rings is 1. The topological polar surface area (TPSA) is 69.8 Å². The van der Waals surface area contributed by atoms with Crippen LogP contribution in [0.25, 0.3) is 0 Å². The molecule has 3 N–H and O–H groups in total. The average molecular weight is 355 g/mol. The second kappa shape index (κ2) is 6.07. The van der Waals surface area contributed by atoms with Gasteiger partial charge in [-0.05, 0) is 34.5 Å². The Labute approximate surface area is 129 Å². The maximum atomic E-state index is 12.1. The Morgan fingerprint density at radius 3 is 3.20 bits per heavy atom. The molecule has 0 radical (unpaired) electrons. The molecule has 0 aromatic carbocycles. The number of nitrogens with zero attached hydrogens (tertiary/aromatic N) is 1. The van der Waals surface area contributed by atoms with Crippen LogP contribution in [0, 0.1) is 0 Å². The minimum Gasteiger partial charge on any atom is -0.350 e. The first-order valence-corrected chi connectivity index (χ1v) is 8.14. The minimum absolute atomic E-state index is 0.0955. The normalized spacial score (nSPS) is 14.1. The van der Waals surface area contributed by atoms with Crippen LogP contribution in [0.15, 0.2) is 15.9 Å². The van der Waals surface area contributed by atoms with Crippen LogP contribution in [-0.2, 0) is 19.4 Å². The Morgan fingerprint density at radius 2 is 2.40 bits per heavy atom. The Balaban J connectivity index is 1.58. The number of hydrogen-bond acceptors (Lipinski definition) is 4.